The predicted octanol–water partition coefficient (Wildman–Crippen LogP) is 3.95. The second kappa shape index (κ2) is 7.98. The Morgan fingerprint density at radius 2 is 1.97 bits per heavy atom. The number of nitrogens with zero attached hydrogens (tertiary/aromatic N) is 3. The molecule has 0 bridgehead atoms. The minimum atomic E-state index is -0.391. The Bertz CT molecular complexity index is 1120. The Labute approximate surface area is 174 Å². The largest absolute Gasteiger partial charge is 0.375 e. The van der Waals surface area contributed by atoms with Gasteiger partial charge in [-0.2, -0.15) is 5.10 Å². The maximum Gasteiger partial charge on any atom is 0.292 e. The predicted molar refractivity (Wildman–Crippen MR) is 115 cm³/mol. The van der Waals surface area contributed by atoms with E-state index in [1.54, 1.807) is 12.1 Å². The lowest BCUT2D eigenvalue weighted by molar-refractivity contribution is -0.384. The summed E-state index contributed by atoms with van der Waals surface area (Å²) in [5.41, 5.74) is 5.86. The SMILES string of the molecule is Cc1nn(Cc2ccccc2)c(C)c1CNc1cc2c(cc1[N+](=O)[O-])CCC(=O)N2. The number of carbonyl (C=O) groups is 1. The fourth-order valence-electron chi connectivity index (χ4n) is 3.79. The van der Waals surface area contributed by atoms with Gasteiger partial charge in [0.15, 0.2) is 0 Å². The van der Waals surface area contributed by atoms with Gasteiger partial charge in [-0.3, -0.25) is 19.6 Å². The summed E-state index contributed by atoms with van der Waals surface area (Å²) in [5, 5.41) is 22.2. The number of nitrogens with one attached hydrogen (secondary N) is 2. The van der Waals surface area contributed by atoms with Crippen LogP contribution < -0.4 is 10.6 Å². The summed E-state index contributed by atoms with van der Waals surface area (Å²) in [4.78, 5) is 22.9. The number of rotatable bonds is 6. The number of hydrogen-bond donors (Lipinski definition) is 2. The molecule has 0 unspecified atom stereocenters. The van der Waals surface area contributed by atoms with Gasteiger partial charge in [0.05, 0.1) is 17.2 Å². The third-order valence-corrected chi connectivity index (χ3v) is 5.48. The van der Waals surface area contributed by atoms with Crippen molar-refractivity contribution in [2.45, 2.75) is 39.8 Å². The molecular formula is C22H23N5O3. The Kier molecular flexibility index (Phi) is 5.22. The molecule has 0 spiro atoms. The van der Waals surface area contributed by atoms with E-state index in [4.69, 9.17) is 0 Å². The molecule has 2 aromatic carbocycles. The van der Waals surface area contributed by atoms with Crippen LogP contribution in [-0.4, -0.2) is 20.6 Å². The minimum Gasteiger partial charge on any atom is -0.375 e. The molecule has 8 nitrogen and oxygen atoms in total. The van der Waals surface area contributed by atoms with Crippen LogP contribution in [0.2, 0.25) is 0 Å². The molecule has 0 fully saturated rings. The van der Waals surface area contributed by atoms with Crippen molar-refractivity contribution in [3.8, 4) is 0 Å². The number of nitro groups is 1. The van der Waals surface area contributed by atoms with Gasteiger partial charge >= 0.3 is 0 Å². The molecule has 0 saturated heterocycles. The first-order valence-electron chi connectivity index (χ1n) is 9.84. The van der Waals surface area contributed by atoms with E-state index < -0.39 is 4.92 Å². The Balaban J connectivity index is 1.58. The fraction of sp³-hybridized carbons (Fsp3) is 0.273. The van der Waals surface area contributed by atoms with Gasteiger partial charge in [-0.15, -0.1) is 0 Å². The topological polar surface area (TPSA) is 102 Å². The molecule has 1 amide bonds. The minimum absolute atomic E-state index is 0.0110. The number of benzene rings is 2. The summed E-state index contributed by atoms with van der Waals surface area (Å²) in [7, 11) is 0. The van der Waals surface area contributed by atoms with Crippen molar-refractivity contribution in [2.75, 3.05) is 10.6 Å². The number of aryl methyl sites for hydroxylation is 2. The van der Waals surface area contributed by atoms with E-state index in [0.717, 1.165) is 28.1 Å². The van der Waals surface area contributed by atoms with Gasteiger partial charge in [0.1, 0.15) is 5.69 Å². The molecule has 0 saturated carbocycles. The van der Waals surface area contributed by atoms with Gasteiger partial charge in [0, 0.05) is 36.0 Å². The number of anilines is 2. The monoisotopic (exact) mass is 405 g/mol. The van der Waals surface area contributed by atoms with Crippen molar-refractivity contribution >= 4 is 23.0 Å². The first-order valence-corrected chi connectivity index (χ1v) is 9.84. The van der Waals surface area contributed by atoms with E-state index in [1.165, 1.54) is 0 Å². The summed E-state index contributed by atoms with van der Waals surface area (Å²) in [6, 6.07) is 13.3. The van der Waals surface area contributed by atoms with E-state index >= 15 is 0 Å². The van der Waals surface area contributed by atoms with Gasteiger partial charge in [-0.05, 0) is 37.5 Å². The lowest BCUT2D eigenvalue weighted by Gasteiger charge is -2.18. The highest BCUT2D eigenvalue weighted by Crippen LogP contribution is 2.34. The van der Waals surface area contributed by atoms with Crippen LogP contribution in [0.25, 0.3) is 0 Å². The van der Waals surface area contributed by atoms with E-state index in [2.05, 4.69) is 27.9 Å². The normalized spacial score (nSPS) is 12.9. The van der Waals surface area contributed by atoms with Crippen LogP contribution in [0.15, 0.2) is 42.5 Å². The molecule has 8 heteroatoms. The molecule has 1 aromatic heterocycles. The molecule has 0 radical (unpaired) electrons. The summed E-state index contributed by atoms with van der Waals surface area (Å²) >= 11 is 0. The molecule has 2 N–H and O–H groups in total. The van der Waals surface area contributed by atoms with Crippen molar-refractivity contribution in [3.63, 3.8) is 0 Å². The van der Waals surface area contributed by atoms with Crippen LogP contribution in [0.5, 0.6) is 0 Å². The zero-order chi connectivity index (χ0) is 21.3. The lowest BCUT2D eigenvalue weighted by atomic mass is 10.0. The lowest BCUT2D eigenvalue weighted by Crippen LogP contribution is -2.19. The van der Waals surface area contributed by atoms with Gasteiger partial charge in [-0.1, -0.05) is 30.3 Å². The molecule has 154 valence electrons. The van der Waals surface area contributed by atoms with Crippen molar-refractivity contribution < 1.29 is 9.72 Å². The van der Waals surface area contributed by atoms with Crippen LogP contribution in [0.4, 0.5) is 17.1 Å². The number of aromatic nitrogens is 2. The number of amides is 1. The number of hydrogen-bond acceptors (Lipinski definition) is 5. The molecule has 1 aliphatic heterocycles. The number of fused-ring (bicyclic) bond motifs is 1. The van der Waals surface area contributed by atoms with Crippen molar-refractivity contribution in [2.24, 2.45) is 0 Å². The Morgan fingerprint density at radius 1 is 1.20 bits per heavy atom. The maximum absolute atomic E-state index is 11.7. The molecule has 4 rings (SSSR count). The third-order valence-electron chi connectivity index (χ3n) is 5.48. The standard InChI is InChI=1S/C22H23N5O3/c1-14-18(15(2)26(25-14)13-16-6-4-3-5-7-16)12-23-20-11-19-17(8-9-22(28)24-19)10-21(20)27(29)30/h3-7,10-11,23H,8-9,12-13H2,1-2H3,(H,24,28). The summed E-state index contributed by atoms with van der Waals surface area (Å²) in [6.07, 6.45) is 0.850. The van der Waals surface area contributed by atoms with E-state index in [1.807, 2.05) is 36.7 Å². The van der Waals surface area contributed by atoms with Crippen LogP contribution >= 0.6 is 0 Å². The van der Waals surface area contributed by atoms with Crippen LogP contribution in [0.1, 0.15) is 34.5 Å². The van der Waals surface area contributed by atoms with E-state index in [0.29, 0.717) is 37.3 Å². The summed E-state index contributed by atoms with van der Waals surface area (Å²) in [6.45, 7) is 5.01. The zero-order valence-electron chi connectivity index (χ0n) is 16.9. The average molecular weight is 405 g/mol. The van der Waals surface area contributed by atoms with Crippen molar-refractivity contribution in [1.82, 2.24) is 9.78 Å². The van der Waals surface area contributed by atoms with E-state index in [9.17, 15) is 14.9 Å². The highest BCUT2D eigenvalue weighted by Gasteiger charge is 2.23. The van der Waals surface area contributed by atoms with Crippen LogP contribution in [0, 0.1) is 24.0 Å². The first kappa shape index (κ1) is 19.6. The smallest absolute Gasteiger partial charge is 0.292 e. The Morgan fingerprint density at radius 3 is 2.70 bits per heavy atom. The average Bonchev–Trinajstić information content (AvgIpc) is 2.99. The van der Waals surface area contributed by atoms with Crippen LogP contribution in [-0.2, 0) is 24.3 Å². The summed E-state index contributed by atoms with van der Waals surface area (Å²) in [5.74, 6) is -0.0730. The molecule has 30 heavy (non-hydrogen) atoms. The Hall–Kier alpha value is -3.68. The van der Waals surface area contributed by atoms with Crippen molar-refractivity contribution in [3.05, 3.63) is 80.7 Å². The third kappa shape index (κ3) is 3.89. The highest BCUT2D eigenvalue weighted by atomic mass is 16.6. The van der Waals surface area contributed by atoms with Crippen LogP contribution in [0.3, 0.4) is 0 Å². The van der Waals surface area contributed by atoms with Gasteiger partial charge < -0.3 is 10.6 Å². The second-order valence-electron chi connectivity index (χ2n) is 7.48. The highest BCUT2D eigenvalue weighted by molar-refractivity contribution is 5.95. The molecule has 0 atom stereocenters. The summed E-state index contributed by atoms with van der Waals surface area (Å²) < 4.78 is 1.95. The number of carbonyl (C=O) groups excluding carboxylic acids is 1. The molecule has 0 aliphatic carbocycles. The van der Waals surface area contributed by atoms with Gasteiger partial charge in [0.2, 0.25) is 5.91 Å². The first-order chi connectivity index (χ1) is 14.4. The maximum atomic E-state index is 11.7. The zero-order valence-corrected chi connectivity index (χ0v) is 16.9. The van der Waals surface area contributed by atoms with E-state index in [-0.39, 0.29) is 11.6 Å². The van der Waals surface area contributed by atoms with Gasteiger partial charge in [0.25, 0.3) is 5.69 Å². The molecule has 3 aromatic rings. The number of nitro benzene ring substituents is 1. The van der Waals surface area contributed by atoms with Gasteiger partial charge in [-0.25, -0.2) is 0 Å². The molecule has 1 aliphatic rings. The second-order valence-corrected chi connectivity index (χ2v) is 7.48. The molecule has 2 heterocycles. The fourth-order valence-corrected chi connectivity index (χ4v) is 3.79. The molecular weight excluding hydrogens is 382 g/mol. The quantitative estimate of drug-likeness (QED) is 0.477. The van der Waals surface area contributed by atoms with Crippen molar-refractivity contribution in [1.29, 1.82) is 0 Å².